The minimum atomic E-state index is -3.32. The minimum absolute atomic E-state index is 0. The zero-order valence-corrected chi connectivity index (χ0v) is 17.2. The molecule has 1 aliphatic heterocycles. The molecule has 0 saturated carbocycles. The standard InChI is InChI=1S/C19H22N6O3S.3H2/c1-11(2)29(26,27)15-6-4-13(5-7-15)16-8-21-12(3)17(22-16)18-23-24-19(28-18)25-9-14(20)10-25;;;/h4-8,11,14H,9-10,20H2,1-3H3;3*1H. The Labute approximate surface area is 173 Å². The van der Waals surface area contributed by atoms with Gasteiger partial charge in [-0.3, -0.25) is 4.98 Å². The van der Waals surface area contributed by atoms with Crippen LogP contribution in [0.3, 0.4) is 0 Å². The van der Waals surface area contributed by atoms with E-state index < -0.39 is 15.1 Å². The molecule has 0 unspecified atom stereocenters. The molecule has 0 atom stereocenters. The van der Waals surface area contributed by atoms with Crippen molar-refractivity contribution in [1.82, 2.24) is 20.2 Å². The Bertz CT molecular complexity index is 1150. The average Bonchev–Trinajstić information content (AvgIpc) is 3.15. The van der Waals surface area contributed by atoms with Crippen LogP contribution in [0.4, 0.5) is 6.01 Å². The molecule has 0 spiro atoms. The summed E-state index contributed by atoms with van der Waals surface area (Å²) in [6, 6.07) is 7.15. The second-order valence-corrected chi connectivity index (χ2v) is 9.87. The summed E-state index contributed by atoms with van der Waals surface area (Å²) in [5.74, 6) is 0.284. The van der Waals surface area contributed by atoms with Gasteiger partial charge in [0.05, 0.1) is 27.7 Å². The third-order valence-electron chi connectivity index (χ3n) is 4.85. The highest BCUT2D eigenvalue weighted by atomic mass is 32.2. The van der Waals surface area contributed by atoms with Crippen molar-refractivity contribution in [2.75, 3.05) is 18.0 Å². The lowest BCUT2D eigenvalue weighted by Gasteiger charge is -2.34. The van der Waals surface area contributed by atoms with Crippen LogP contribution < -0.4 is 10.6 Å². The molecule has 0 bridgehead atoms. The van der Waals surface area contributed by atoms with Gasteiger partial charge < -0.3 is 15.1 Å². The molecule has 4 rings (SSSR count). The normalized spacial score (nSPS) is 15.0. The fourth-order valence-electron chi connectivity index (χ4n) is 2.99. The Balaban J connectivity index is 0.00000171. The molecule has 2 aromatic heterocycles. The van der Waals surface area contributed by atoms with Crippen LogP contribution in [-0.2, 0) is 9.84 Å². The van der Waals surface area contributed by atoms with Crippen molar-refractivity contribution in [3.05, 3.63) is 36.2 Å². The zero-order valence-electron chi connectivity index (χ0n) is 16.4. The highest BCUT2D eigenvalue weighted by Gasteiger charge is 2.28. The lowest BCUT2D eigenvalue weighted by atomic mass is 10.1. The van der Waals surface area contributed by atoms with Gasteiger partial charge in [0.2, 0.25) is 0 Å². The number of anilines is 1. The number of hydrogen-bond acceptors (Lipinski definition) is 9. The van der Waals surface area contributed by atoms with Gasteiger partial charge in [0.15, 0.2) is 9.84 Å². The number of hydrogen-bond donors (Lipinski definition) is 1. The summed E-state index contributed by atoms with van der Waals surface area (Å²) < 4.78 is 30.4. The Kier molecular flexibility index (Phi) is 4.83. The van der Waals surface area contributed by atoms with Gasteiger partial charge in [0.25, 0.3) is 5.89 Å². The summed E-state index contributed by atoms with van der Waals surface area (Å²) in [6.45, 7) is 6.49. The third kappa shape index (κ3) is 3.60. The SMILES string of the molecule is Cc1ncc(-c2ccc(S(=O)(=O)C(C)C)cc2)nc1-c1nnc(N2CC(N)C2)o1.[HH].[HH].[HH]. The zero-order chi connectivity index (χ0) is 20.8. The lowest BCUT2D eigenvalue weighted by Crippen LogP contribution is -2.56. The molecule has 1 aliphatic rings. The molecule has 1 aromatic carbocycles. The van der Waals surface area contributed by atoms with E-state index in [9.17, 15) is 8.42 Å². The van der Waals surface area contributed by atoms with Gasteiger partial charge in [-0.1, -0.05) is 17.2 Å². The van der Waals surface area contributed by atoms with Gasteiger partial charge in [-0.15, -0.1) is 5.10 Å². The summed E-state index contributed by atoms with van der Waals surface area (Å²) in [7, 11) is -3.32. The molecule has 1 fully saturated rings. The molecular formula is C19H28N6O3S. The number of aromatic nitrogens is 4. The Hall–Kier alpha value is -2.85. The molecule has 0 radical (unpaired) electrons. The Morgan fingerprint density at radius 2 is 1.90 bits per heavy atom. The van der Waals surface area contributed by atoms with Crippen molar-refractivity contribution in [3.8, 4) is 22.8 Å². The van der Waals surface area contributed by atoms with Crippen LogP contribution in [0.1, 0.15) is 23.8 Å². The monoisotopic (exact) mass is 420 g/mol. The van der Waals surface area contributed by atoms with Crippen LogP contribution in [-0.4, -0.2) is 53.0 Å². The van der Waals surface area contributed by atoms with Crippen molar-refractivity contribution in [2.24, 2.45) is 5.73 Å². The van der Waals surface area contributed by atoms with E-state index in [0.717, 1.165) is 5.56 Å². The Morgan fingerprint density at radius 3 is 2.52 bits per heavy atom. The highest BCUT2D eigenvalue weighted by Crippen LogP contribution is 2.27. The van der Waals surface area contributed by atoms with E-state index in [1.165, 1.54) is 0 Å². The van der Waals surface area contributed by atoms with Crippen LogP contribution in [0.25, 0.3) is 22.8 Å². The molecule has 0 amide bonds. The molecule has 10 heteroatoms. The summed E-state index contributed by atoms with van der Waals surface area (Å²) in [5, 5.41) is 7.68. The van der Waals surface area contributed by atoms with Gasteiger partial charge >= 0.3 is 6.01 Å². The number of nitrogens with two attached hydrogens (primary N) is 1. The summed E-state index contributed by atoms with van der Waals surface area (Å²) in [6.07, 6.45) is 1.64. The predicted octanol–water partition coefficient (Wildman–Crippen LogP) is 2.57. The largest absolute Gasteiger partial charge is 0.401 e. The quantitative estimate of drug-likeness (QED) is 0.662. The van der Waals surface area contributed by atoms with E-state index >= 15 is 0 Å². The van der Waals surface area contributed by atoms with Gasteiger partial charge in [-0.05, 0) is 32.9 Å². The summed E-state index contributed by atoms with van der Waals surface area (Å²) in [4.78, 5) is 11.2. The highest BCUT2D eigenvalue weighted by molar-refractivity contribution is 7.92. The summed E-state index contributed by atoms with van der Waals surface area (Å²) in [5.41, 5.74) is 8.27. The van der Waals surface area contributed by atoms with E-state index in [4.69, 9.17) is 10.2 Å². The second kappa shape index (κ2) is 7.20. The summed E-state index contributed by atoms with van der Waals surface area (Å²) >= 11 is 0. The van der Waals surface area contributed by atoms with Gasteiger partial charge in [0.1, 0.15) is 5.69 Å². The van der Waals surface area contributed by atoms with E-state index in [1.807, 2.05) is 11.8 Å². The number of sulfone groups is 1. The van der Waals surface area contributed by atoms with Gasteiger partial charge in [-0.25, -0.2) is 13.4 Å². The number of rotatable bonds is 5. The van der Waals surface area contributed by atoms with Crippen LogP contribution in [0.2, 0.25) is 0 Å². The first-order valence-corrected chi connectivity index (χ1v) is 10.8. The Morgan fingerprint density at radius 1 is 1.21 bits per heavy atom. The molecule has 29 heavy (non-hydrogen) atoms. The molecular weight excluding hydrogens is 392 g/mol. The minimum Gasteiger partial charge on any atom is -0.401 e. The molecule has 9 nitrogen and oxygen atoms in total. The lowest BCUT2D eigenvalue weighted by molar-refractivity contribution is 0.452. The van der Waals surface area contributed by atoms with Gasteiger partial charge in [0, 0.05) is 29.0 Å². The number of nitrogens with zero attached hydrogens (tertiary/aromatic N) is 5. The maximum absolute atomic E-state index is 12.3. The topological polar surface area (TPSA) is 128 Å². The van der Waals surface area contributed by atoms with E-state index in [-0.39, 0.29) is 21.1 Å². The van der Waals surface area contributed by atoms with E-state index in [2.05, 4.69) is 20.2 Å². The first-order chi connectivity index (χ1) is 13.8. The maximum atomic E-state index is 12.3. The first-order valence-electron chi connectivity index (χ1n) is 9.28. The smallest absolute Gasteiger partial charge is 0.318 e. The van der Waals surface area contributed by atoms with Crippen molar-refractivity contribution in [1.29, 1.82) is 0 Å². The first kappa shape index (κ1) is 19.5. The van der Waals surface area contributed by atoms with Crippen molar-refractivity contribution < 1.29 is 17.1 Å². The van der Waals surface area contributed by atoms with Crippen molar-refractivity contribution in [3.63, 3.8) is 0 Å². The van der Waals surface area contributed by atoms with Crippen LogP contribution >= 0.6 is 0 Å². The maximum Gasteiger partial charge on any atom is 0.318 e. The molecule has 2 N–H and O–H groups in total. The van der Waals surface area contributed by atoms with Crippen LogP contribution in [0.5, 0.6) is 0 Å². The number of benzene rings is 1. The molecule has 3 aromatic rings. The van der Waals surface area contributed by atoms with Crippen molar-refractivity contribution >= 4 is 15.9 Å². The predicted molar refractivity (Wildman–Crippen MR) is 114 cm³/mol. The fourth-order valence-corrected chi connectivity index (χ4v) is 4.05. The van der Waals surface area contributed by atoms with Crippen LogP contribution in [0.15, 0.2) is 39.8 Å². The van der Waals surface area contributed by atoms with E-state index in [0.29, 0.717) is 36.2 Å². The number of aryl methyl sites for hydroxylation is 1. The molecule has 158 valence electrons. The second-order valence-electron chi connectivity index (χ2n) is 7.36. The average molecular weight is 421 g/mol. The van der Waals surface area contributed by atoms with Crippen molar-refractivity contribution in [2.45, 2.75) is 37.0 Å². The molecule has 0 aliphatic carbocycles. The van der Waals surface area contributed by atoms with Gasteiger partial charge in [-0.2, -0.15) is 0 Å². The third-order valence-corrected chi connectivity index (χ3v) is 7.02. The molecule has 3 heterocycles. The van der Waals surface area contributed by atoms with E-state index in [1.54, 1.807) is 44.3 Å². The fraction of sp³-hybridized carbons (Fsp3) is 0.368. The van der Waals surface area contributed by atoms with Crippen LogP contribution in [0, 0.1) is 6.92 Å². The molecule has 1 saturated heterocycles.